The van der Waals surface area contributed by atoms with Gasteiger partial charge in [-0.3, -0.25) is 0 Å². The Morgan fingerprint density at radius 2 is 2.22 bits per heavy atom. The molecule has 18 heavy (non-hydrogen) atoms. The Hall–Kier alpha value is -0.970. The van der Waals surface area contributed by atoms with Gasteiger partial charge in [0.15, 0.2) is 5.82 Å². The minimum Gasteiger partial charge on any atom is -0.389 e. The summed E-state index contributed by atoms with van der Waals surface area (Å²) >= 11 is 0. The molecule has 5 atom stereocenters. The summed E-state index contributed by atoms with van der Waals surface area (Å²) in [5.41, 5.74) is -0.556. The summed E-state index contributed by atoms with van der Waals surface area (Å²) in [7, 11) is 1.77. The Morgan fingerprint density at radius 3 is 3.00 bits per heavy atom. The van der Waals surface area contributed by atoms with E-state index in [1.165, 1.54) is 30.5 Å². The van der Waals surface area contributed by atoms with Crippen LogP contribution in [0.25, 0.3) is 0 Å². The van der Waals surface area contributed by atoms with Gasteiger partial charge >= 0.3 is 0 Å². The summed E-state index contributed by atoms with van der Waals surface area (Å²) in [5, 5.41) is 23.1. The first kappa shape index (κ1) is 10.9. The molecule has 3 aliphatic carbocycles. The first-order valence-corrected chi connectivity index (χ1v) is 7.11. The highest BCUT2D eigenvalue weighted by Gasteiger charge is 2.60. The van der Waals surface area contributed by atoms with Crippen molar-refractivity contribution in [1.82, 2.24) is 20.2 Å². The van der Waals surface area contributed by atoms with Crippen LogP contribution in [0.1, 0.15) is 37.9 Å². The molecule has 3 fully saturated rings. The fraction of sp³-hybridized carbons (Fsp3) is 0.923. The van der Waals surface area contributed by atoms with Crippen molar-refractivity contribution in [1.29, 1.82) is 0 Å². The molecule has 98 valence electrons. The van der Waals surface area contributed by atoms with Gasteiger partial charge in [-0.15, -0.1) is 10.2 Å². The zero-order chi connectivity index (χ0) is 12.3. The molecular formula is C13H20N4O. The van der Waals surface area contributed by atoms with E-state index < -0.39 is 5.60 Å². The number of fused-ring (bicyclic) bond motifs is 5. The van der Waals surface area contributed by atoms with Crippen LogP contribution in [0.15, 0.2) is 0 Å². The number of rotatable bonds is 2. The topological polar surface area (TPSA) is 63.8 Å². The summed E-state index contributed by atoms with van der Waals surface area (Å²) in [6.45, 7) is 0. The zero-order valence-electron chi connectivity index (χ0n) is 10.8. The quantitative estimate of drug-likeness (QED) is 0.846. The van der Waals surface area contributed by atoms with Gasteiger partial charge in [0, 0.05) is 6.42 Å². The van der Waals surface area contributed by atoms with Crippen molar-refractivity contribution in [2.75, 3.05) is 0 Å². The number of hydrogen-bond donors (Lipinski definition) is 1. The molecule has 0 amide bonds. The molecule has 1 heterocycles. The van der Waals surface area contributed by atoms with Gasteiger partial charge in [0.1, 0.15) is 0 Å². The Kier molecular flexibility index (Phi) is 2.14. The predicted molar refractivity (Wildman–Crippen MR) is 64.5 cm³/mol. The van der Waals surface area contributed by atoms with Crippen LogP contribution < -0.4 is 0 Å². The molecule has 1 aromatic rings. The van der Waals surface area contributed by atoms with E-state index in [4.69, 9.17) is 0 Å². The van der Waals surface area contributed by atoms with E-state index in [0.717, 1.165) is 24.2 Å². The molecule has 5 unspecified atom stereocenters. The molecule has 0 radical (unpaired) electrons. The minimum absolute atomic E-state index is 0.485. The van der Waals surface area contributed by atoms with E-state index in [1.54, 1.807) is 7.05 Å². The molecule has 1 N–H and O–H groups in total. The van der Waals surface area contributed by atoms with Crippen molar-refractivity contribution in [3.63, 3.8) is 0 Å². The summed E-state index contributed by atoms with van der Waals surface area (Å²) in [6, 6.07) is 0. The molecular weight excluding hydrogens is 228 g/mol. The third kappa shape index (κ3) is 1.40. The summed E-state index contributed by atoms with van der Waals surface area (Å²) < 4.78 is 0. The van der Waals surface area contributed by atoms with E-state index in [2.05, 4.69) is 15.4 Å². The van der Waals surface area contributed by atoms with E-state index in [1.807, 2.05) is 0 Å². The highest BCUT2D eigenvalue weighted by molar-refractivity contribution is 5.12. The lowest BCUT2D eigenvalue weighted by Gasteiger charge is -2.38. The Balaban J connectivity index is 1.58. The van der Waals surface area contributed by atoms with Gasteiger partial charge in [0.05, 0.1) is 12.6 Å². The Morgan fingerprint density at radius 1 is 1.39 bits per heavy atom. The third-order valence-electron chi connectivity index (χ3n) is 5.62. The molecule has 3 aliphatic rings. The van der Waals surface area contributed by atoms with Crippen molar-refractivity contribution in [2.24, 2.45) is 30.7 Å². The number of nitrogens with zero attached hydrogens (tertiary/aromatic N) is 4. The first-order valence-electron chi connectivity index (χ1n) is 7.11. The number of hydrogen-bond acceptors (Lipinski definition) is 4. The second-order valence-corrected chi connectivity index (χ2v) is 6.54. The smallest absolute Gasteiger partial charge is 0.177 e. The maximum Gasteiger partial charge on any atom is 0.177 e. The molecule has 4 rings (SSSR count). The fourth-order valence-corrected chi connectivity index (χ4v) is 5.11. The van der Waals surface area contributed by atoms with Crippen LogP contribution in [0.3, 0.4) is 0 Å². The monoisotopic (exact) mass is 248 g/mol. The maximum atomic E-state index is 11.0. The van der Waals surface area contributed by atoms with Gasteiger partial charge in [-0.25, -0.2) is 0 Å². The van der Waals surface area contributed by atoms with Crippen molar-refractivity contribution >= 4 is 0 Å². The second-order valence-electron chi connectivity index (χ2n) is 6.54. The summed E-state index contributed by atoms with van der Waals surface area (Å²) in [6.07, 6.45) is 6.85. The zero-order valence-corrected chi connectivity index (χ0v) is 10.8. The first-order chi connectivity index (χ1) is 8.66. The average molecular weight is 248 g/mol. The molecule has 1 aromatic heterocycles. The van der Waals surface area contributed by atoms with Crippen LogP contribution >= 0.6 is 0 Å². The van der Waals surface area contributed by atoms with Gasteiger partial charge in [0.25, 0.3) is 0 Å². The molecule has 0 spiro atoms. The van der Waals surface area contributed by atoms with Crippen molar-refractivity contribution in [3.05, 3.63) is 5.82 Å². The van der Waals surface area contributed by atoms with E-state index in [0.29, 0.717) is 18.2 Å². The Bertz CT molecular complexity index is 473. The van der Waals surface area contributed by atoms with Crippen LogP contribution in [0, 0.1) is 23.7 Å². The number of aryl methyl sites for hydroxylation is 1. The SMILES string of the molecule is Cn1nnc(CC2(O)CC3CC2C2CCCC32)n1. The lowest BCUT2D eigenvalue weighted by molar-refractivity contribution is -0.0464. The highest BCUT2D eigenvalue weighted by Crippen LogP contribution is 2.62. The normalized spacial score (nSPS) is 45.7. The van der Waals surface area contributed by atoms with Crippen LogP contribution in [0.4, 0.5) is 0 Å². The standard InChI is InChI=1S/C13H20N4O/c1-17-15-12(14-16-17)7-13(18)6-8-5-11(13)10-4-2-3-9(8)10/h8-11,18H,2-7H2,1H3. The van der Waals surface area contributed by atoms with Gasteiger partial charge in [-0.05, 0) is 54.6 Å². The van der Waals surface area contributed by atoms with Gasteiger partial charge in [-0.2, -0.15) is 4.80 Å². The molecule has 0 aliphatic heterocycles. The van der Waals surface area contributed by atoms with E-state index >= 15 is 0 Å². The van der Waals surface area contributed by atoms with Crippen LogP contribution in [-0.2, 0) is 13.5 Å². The third-order valence-corrected chi connectivity index (χ3v) is 5.62. The van der Waals surface area contributed by atoms with Crippen LogP contribution in [0.5, 0.6) is 0 Å². The molecule has 3 saturated carbocycles. The maximum absolute atomic E-state index is 11.0. The second kappa shape index (κ2) is 3.53. The lowest BCUT2D eigenvalue weighted by atomic mass is 9.71. The largest absolute Gasteiger partial charge is 0.389 e. The fourth-order valence-electron chi connectivity index (χ4n) is 5.11. The predicted octanol–water partition coefficient (Wildman–Crippen LogP) is 0.940. The molecule has 5 nitrogen and oxygen atoms in total. The van der Waals surface area contributed by atoms with Crippen LogP contribution in [0.2, 0.25) is 0 Å². The van der Waals surface area contributed by atoms with Gasteiger partial charge in [0.2, 0.25) is 0 Å². The van der Waals surface area contributed by atoms with Crippen molar-refractivity contribution < 1.29 is 5.11 Å². The molecule has 5 heteroatoms. The lowest BCUT2D eigenvalue weighted by Crippen LogP contribution is -2.43. The minimum atomic E-state index is -0.556. The molecule has 0 saturated heterocycles. The van der Waals surface area contributed by atoms with Crippen molar-refractivity contribution in [2.45, 2.75) is 44.1 Å². The van der Waals surface area contributed by atoms with E-state index in [-0.39, 0.29) is 0 Å². The highest BCUT2D eigenvalue weighted by atomic mass is 16.3. The number of aromatic nitrogens is 4. The number of tetrazole rings is 1. The average Bonchev–Trinajstić information content (AvgIpc) is 2.99. The van der Waals surface area contributed by atoms with Gasteiger partial charge in [-0.1, -0.05) is 6.42 Å². The van der Waals surface area contributed by atoms with E-state index in [9.17, 15) is 5.11 Å². The number of aliphatic hydroxyl groups is 1. The summed E-state index contributed by atoms with van der Waals surface area (Å²) in [5.74, 6) is 3.61. The Labute approximate surface area is 107 Å². The van der Waals surface area contributed by atoms with Crippen molar-refractivity contribution in [3.8, 4) is 0 Å². The van der Waals surface area contributed by atoms with Crippen LogP contribution in [-0.4, -0.2) is 30.9 Å². The summed E-state index contributed by atoms with van der Waals surface area (Å²) in [4.78, 5) is 1.48. The molecule has 0 aromatic carbocycles. The van der Waals surface area contributed by atoms with Gasteiger partial charge < -0.3 is 5.11 Å². The molecule has 2 bridgehead atoms.